The fourth-order valence-electron chi connectivity index (χ4n) is 1.74. The number of carbonyl (C=O) groups excluding carboxylic acids is 2. The monoisotopic (exact) mass is 328 g/mol. The first-order valence-corrected chi connectivity index (χ1v) is 7.82. The Labute approximate surface area is 143 Å². The number of para-hydroxylation sites is 1. The maximum absolute atomic E-state index is 11.2. The molecule has 0 aliphatic heterocycles. The Bertz CT molecular complexity index is 690. The van der Waals surface area contributed by atoms with Gasteiger partial charge in [-0.3, -0.25) is 9.59 Å². The first-order chi connectivity index (χ1) is 11.3. The summed E-state index contributed by atoms with van der Waals surface area (Å²) < 4.78 is 10.0. The third-order valence-electron chi connectivity index (χ3n) is 3.03. The van der Waals surface area contributed by atoms with Crippen molar-refractivity contribution in [3.05, 3.63) is 59.7 Å². The topological polar surface area (TPSA) is 52.6 Å². The van der Waals surface area contributed by atoms with Gasteiger partial charge in [0.05, 0.1) is 5.92 Å². The molecule has 2 rings (SSSR count). The molecule has 0 radical (unpaired) electrons. The minimum Gasteiger partial charge on any atom is -0.426 e. The molecule has 0 atom stereocenters. The van der Waals surface area contributed by atoms with Gasteiger partial charge in [0.1, 0.15) is 11.5 Å². The number of esters is 2. The third kappa shape index (κ3) is 7.09. The summed E-state index contributed by atoms with van der Waals surface area (Å²) in [5.74, 6) is 0.712. The van der Waals surface area contributed by atoms with Gasteiger partial charge in [0, 0.05) is 6.92 Å². The van der Waals surface area contributed by atoms with E-state index >= 15 is 0 Å². The number of carbonyl (C=O) groups is 2. The maximum atomic E-state index is 11.2. The predicted octanol–water partition coefficient (Wildman–Crippen LogP) is 4.48. The molecule has 128 valence electrons. The first-order valence-electron chi connectivity index (χ1n) is 7.82. The summed E-state index contributed by atoms with van der Waals surface area (Å²) in [5.41, 5.74) is 2.07. The molecule has 0 unspecified atom stereocenters. The molecule has 0 bridgehead atoms. The largest absolute Gasteiger partial charge is 0.426 e. The molecular weight excluding hydrogens is 304 g/mol. The Balaban J connectivity index is 0.000000243. The summed E-state index contributed by atoms with van der Waals surface area (Å²) in [4.78, 5) is 21.7. The standard InChI is InChI=1S/C11H14O2.C9H10O2/c1-8(2)11(12)13-10-6-4-5-9(3)7-10;1-7-5-3-4-6-9(7)11-8(2)10/h4-8H,1-3H3;3-6H,1-2H3. The normalized spacial score (nSPS) is 9.75. The molecule has 0 spiro atoms. The minimum absolute atomic E-state index is 0.0829. The second kappa shape index (κ2) is 9.50. The summed E-state index contributed by atoms with van der Waals surface area (Å²) in [7, 11) is 0. The third-order valence-corrected chi connectivity index (χ3v) is 3.03. The molecule has 0 aromatic heterocycles. The van der Waals surface area contributed by atoms with Gasteiger partial charge in [0.2, 0.25) is 0 Å². The van der Waals surface area contributed by atoms with E-state index in [4.69, 9.17) is 9.47 Å². The van der Waals surface area contributed by atoms with Crippen LogP contribution in [0.25, 0.3) is 0 Å². The Morgan fingerprint density at radius 2 is 1.58 bits per heavy atom. The van der Waals surface area contributed by atoms with Crippen molar-refractivity contribution in [2.75, 3.05) is 0 Å². The van der Waals surface area contributed by atoms with Crippen LogP contribution in [0.4, 0.5) is 0 Å². The number of aryl methyl sites for hydroxylation is 2. The highest BCUT2D eigenvalue weighted by atomic mass is 16.5. The molecule has 24 heavy (non-hydrogen) atoms. The Kier molecular flexibility index (Phi) is 7.69. The predicted molar refractivity (Wildman–Crippen MR) is 94.1 cm³/mol. The molecule has 4 heteroatoms. The van der Waals surface area contributed by atoms with Crippen LogP contribution in [-0.4, -0.2) is 11.9 Å². The maximum Gasteiger partial charge on any atom is 0.313 e. The van der Waals surface area contributed by atoms with Crippen molar-refractivity contribution in [1.82, 2.24) is 0 Å². The zero-order valence-electron chi connectivity index (χ0n) is 14.8. The Morgan fingerprint density at radius 1 is 0.917 bits per heavy atom. The molecule has 0 saturated carbocycles. The highest BCUT2D eigenvalue weighted by Crippen LogP contribution is 2.16. The zero-order chi connectivity index (χ0) is 18.1. The molecule has 0 aliphatic carbocycles. The fraction of sp³-hybridized carbons (Fsp3) is 0.300. The highest BCUT2D eigenvalue weighted by molar-refractivity contribution is 5.74. The summed E-state index contributed by atoms with van der Waals surface area (Å²) >= 11 is 0. The van der Waals surface area contributed by atoms with E-state index in [1.54, 1.807) is 12.1 Å². The van der Waals surface area contributed by atoms with Crippen molar-refractivity contribution in [2.24, 2.45) is 5.92 Å². The van der Waals surface area contributed by atoms with Gasteiger partial charge in [0.15, 0.2) is 0 Å². The molecule has 0 saturated heterocycles. The van der Waals surface area contributed by atoms with E-state index < -0.39 is 0 Å². The Morgan fingerprint density at radius 3 is 2.12 bits per heavy atom. The molecule has 2 aromatic carbocycles. The van der Waals surface area contributed by atoms with Crippen molar-refractivity contribution >= 4 is 11.9 Å². The van der Waals surface area contributed by atoms with Gasteiger partial charge in [-0.05, 0) is 43.2 Å². The molecule has 0 aliphatic rings. The van der Waals surface area contributed by atoms with Crippen LogP contribution >= 0.6 is 0 Å². The second-order valence-corrected chi connectivity index (χ2v) is 5.75. The quantitative estimate of drug-likeness (QED) is 0.616. The van der Waals surface area contributed by atoms with Gasteiger partial charge in [-0.1, -0.05) is 44.2 Å². The van der Waals surface area contributed by atoms with Gasteiger partial charge in [-0.15, -0.1) is 0 Å². The van der Waals surface area contributed by atoms with E-state index in [-0.39, 0.29) is 17.9 Å². The zero-order valence-corrected chi connectivity index (χ0v) is 14.8. The van der Waals surface area contributed by atoms with Crippen LogP contribution in [0.3, 0.4) is 0 Å². The van der Waals surface area contributed by atoms with E-state index in [2.05, 4.69) is 0 Å². The van der Waals surface area contributed by atoms with E-state index in [9.17, 15) is 9.59 Å². The molecule has 0 N–H and O–H groups in total. The van der Waals surface area contributed by atoms with E-state index in [1.165, 1.54) is 6.92 Å². The van der Waals surface area contributed by atoms with Crippen molar-refractivity contribution < 1.29 is 19.1 Å². The van der Waals surface area contributed by atoms with Crippen LogP contribution in [0.5, 0.6) is 11.5 Å². The summed E-state index contributed by atoms with van der Waals surface area (Å²) in [6, 6.07) is 14.9. The molecule has 0 fully saturated rings. The summed E-state index contributed by atoms with van der Waals surface area (Å²) in [5, 5.41) is 0. The van der Waals surface area contributed by atoms with Crippen molar-refractivity contribution in [2.45, 2.75) is 34.6 Å². The average Bonchev–Trinajstić information content (AvgIpc) is 2.50. The van der Waals surface area contributed by atoms with E-state index in [0.717, 1.165) is 11.1 Å². The lowest BCUT2D eigenvalue weighted by Crippen LogP contribution is -2.14. The summed E-state index contributed by atoms with van der Waals surface area (Å²) in [6.45, 7) is 8.90. The molecular formula is C20H24O4. The first kappa shape index (κ1) is 19.4. The molecule has 2 aromatic rings. The molecule has 4 nitrogen and oxygen atoms in total. The lowest BCUT2D eigenvalue weighted by atomic mass is 10.2. The minimum atomic E-state index is -0.278. The van der Waals surface area contributed by atoms with Crippen LogP contribution in [0.15, 0.2) is 48.5 Å². The number of hydrogen-bond donors (Lipinski definition) is 0. The van der Waals surface area contributed by atoms with Crippen molar-refractivity contribution in [3.8, 4) is 11.5 Å². The number of ether oxygens (including phenoxy) is 2. The highest BCUT2D eigenvalue weighted by Gasteiger charge is 2.08. The smallest absolute Gasteiger partial charge is 0.313 e. The van der Waals surface area contributed by atoms with E-state index in [1.807, 2.05) is 64.1 Å². The van der Waals surface area contributed by atoms with Crippen LogP contribution < -0.4 is 9.47 Å². The lowest BCUT2D eigenvalue weighted by Gasteiger charge is -2.06. The van der Waals surface area contributed by atoms with Crippen LogP contribution in [0, 0.1) is 19.8 Å². The van der Waals surface area contributed by atoms with Gasteiger partial charge < -0.3 is 9.47 Å². The van der Waals surface area contributed by atoms with Crippen molar-refractivity contribution in [3.63, 3.8) is 0 Å². The van der Waals surface area contributed by atoms with Crippen LogP contribution in [-0.2, 0) is 9.59 Å². The van der Waals surface area contributed by atoms with Gasteiger partial charge in [-0.25, -0.2) is 0 Å². The van der Waals surface area contributed by atoms with Crippen LogP contribution in [0.1, 0.15) is 31.9 Å². The van der Waals surface area contributed by atoms with Gasteiger partial charge in [-0.2, -0.15) is 0 Å². The molecule has 0 amide bonds. The SMILES string of the molecule is CC(=O)Oc1ccccc1C.Cc1cccc(OC(=O)C(C)C)c1. The average molecular weight is 328 g/mol. The fourth-order valence-corrected chi connectivity index (χ4v) is 1.74. The number of benzene rings is 2. The molecule has 0 heterocycles. The van der Waals surface area contributed by atoms with Gasteiger partial charge in [0.25, 0.3) is 0 Å². The van der Waals surface area contributed by atoms with E-state index in [0.29, 0.717) is 11.5 Å². The van der Waals surface area contributed by atoms with Gasteiger partial charge >= 0.3 is 11.9 Å². The number of rotatable bonds is 3. The van der Waals surface area contributed by atoms with Crippen molar-refractivity contribution in [1.29, 1.82) is 0 Å². The second-order valence-electron chi connectivity index (χ2n) is 5.75. The summed E-state index contributed by atoms with van der Waals surface area (Å²) in [6.07, 6.45) is 0. The lowest BCUT2D eigenvalue weighted by molar-refractivity contribution is -0.137. The number of hydrogen-bond acceptors (Lipinski definition) is 4. The Hall–Kier alpha value is -2.62. The van der Waals surface area contributed by atoms with Crippen LogP contribution in [0.2, 0.25) is 0 Å².